The number of rotatable bonds is 4. The monoisotopic (exact) mass is 360 g/mol. The van der Waals surface area contributed by atoms with Crippen molar-refractivity contribution in [3.63, 3.8) is 0 Å². The quantitative estimate of drug-likeness (QED) is 0.776. The molecule has 0 unspecified atom stereocenters. The van der Waals surface area contributed by atoms with Crippen LogP contribution < -0.4 is 11.1 Å². The molecule has 0 atom stereocenters. The molecule has 1 saturated heterocycles. The highest BCUT2D eigenvalue weighted by molar-refractivity contribution is 7.89. The average Bonchev–Trinajstić information content (AvgIpc) is 2.53. The van der Waals surface area contributed by atoms with Crippen molar-refractivity contribution in [2.45, 2.75) is 4.90 Å². The third-order valence-electron chi connectivity index (χ3n) is 3.46. The maximum absolute atomic E-state index is 12.5. The molecule has 23 heavy (non-hydrogen) atoms. The van der Waals surface area contributed by atoms with Gasteiger partial charge in [-0.05, 0) is 24.3 Å². The summed E-state index contributed by atoms with van der Waals surface area (Å²) in [6.07, 6.45) is 0. The number of amides is 3. The number of hydrogen-bond donors (Lipinski definition) is 2. The number of piperazine rings is 1. The van der Waals surface area contributed by atoms with Crippen molar-refractivity contribution in [3.8, 4) is 0 Å². The van der Waals surface area contributed by atoms with E-state index in [1.165, 1.54) is 33.5 Å². The second-order valence-corrected chi connectivity index (χ2v) is 7.33. The zero-order chi connectivity index (χ0) is 17.0. The predicted octanol–water partition coefficient (Wildman–Crippen LogP) is -0.159. The van der Waals surface area contributed by atoms with Crippen LogP contribution in [0.2, 0.25) is 5.02 Å². The molecule has 0 saturated carbocycles. The summed E-state index contributed by atoms with van der Waals surface area (Å²) in [7, 11) is -3.61. The lowest BCUT2D eigenvalue weighted by atomic mass is 10.3. The van der Waals surface area contributed by atoms with Gasteiger partial charge in [0, 0.05) is 31.2 Å². The van der Waals surface area contributed by atoms with E-state index in [0.29, 0.717) is 5.02 Å². The van der Waals surface area contributed by atoms with Crippen LogP contribution in [0, 0.1) is 0 Å². The number of hydrogen-bond acceptors (Lipinski definition) is 4. The molecule has 2 rings (SSSR count). The molecule has 1 aromatic carbocycles. The number of carbonyl (C=O) groups is 2. The van der Waals surface area contributed by atoms with E-state index in [4.69, 9.17) is 17.3 Å². The van der Waals surface area contributed by atoms with E-state index in [1.54, 1.807) is 0 Å². The summed E-state index contributed by atoms with van der Waals surface area (Å²) in [6, 6.07) is 5.16. The van der Waals surface area contributed by atoms with Crippen molar-refractivity contribution in [1.29, 1.82) is 0 Å². The van der Waals surface area contributed by atoms with Crippen molar-refractivity contribution in [3.05, 3.63) is 29.3 Å². The number of carbonyl (C=O) groups excluding carboxylic acids is 2. The van der Waals surface area contributed by atoms with Gasteiger partial charge in [0.25, 0.3) is 0 Å². The van der Waals surface area contributed by atoms with E-state index >= 15 is 0 Å². The first-order valence-corrected chi connectivity index (χ1v) is 8.69. The standard InChI is InChI=1S/C13H17ClN4O4S/c14-10-1-3-11(4-2-10)23(21,22)18-7-5-17(6-8-18)12(19)9-16-13(15)20/h1-4H,5-9H2,(H3,15,16,20). The van der Waals surface area contributed by atoms with Gasteiger partial charge in [0.05, 0.1) is 11.4 Å². The maximum atomic E-state index is 12.5. The minimum atomic E-state index is -3.61. The summed E-state index contributed by atoms with van der Waals surface area (Å²) >= 11 is 5.76. The van der Waals surface area contributed by atoms with Gasteiger partial charge in [-0.3, -0.25) is 4.79 Å². The van der Waals surface area contributed by atoms with Crippen molar-refractivity contribution >= 4 is 33.6 Å². The average molecular weight is 361 g/mol. The Balaban J connectivity index is 1.97. The molecule has 126 valence electrons. The van der Waals surface area contributed by atoms with Crippen LogP contribution in [0.3, 0.4) is 0 Å². The molecular formula is C13H17ClN4O4S. The SMILES string of the molecule is NC(=O)NCC(=O)N1CCN(S(=O)(=O)c2ccc(Cl)cc2)CC1. The molecule has 3 N–H and O–H groups in total. The van der Waals surface area contributed by atoms with E-state index in [2.05, 4.69) is 5.32 Å². The number of nitrogens with two attached hydrogens (primary N) is 1. The summed E-state index contributed by atoms with van der Waals surface area (Å²) in [5.74, 6) is -0.299. The van der Waals surface area contributed by atoms with Crippen LogP contribution in [0.15, 0.2) is 29.2 Å². The number of benzene rings is 1. The lowest BCUT2D eigenvalue weighted by Crippen LogP contribution is -2.52. The van der Waals surface area contributed by atoms with Crippen LogP contribution in [0.5, 0.6) is 0 Å². The fourth-order valence-electron chi connectivity index (χ4n) is 2.21. The molecule has 3 amide bonds. The van der Waals surface area contributed by atoms with Gasteiger partial charge in [-0.25, -0.2) is 13.2 Å². The van der Waals surface area contributed by atoms with Gasteiger partial charge in [0.2, 0.25) is 15.9 Å². The van der Waals surface area contributed by atoms with E-state index in [-0.39, 0.29) is 43.5 Å². The second kappa shape index (κ2) is 7.16. The molecule has 0 spiro atoms. The molecule has 0 aliphatic carbocycles. The third kappa shape index (κ3) is 4.34. The molecule has 10 heteroatoms. The fourth-order valence-corrected chi connectivity index (χ4v) is 3.76. The third-order valence-corrected chi connectivity index (χ3v) is 5.62. The Bertz CT molecular complexity index is 684. The zero-order valence-corrected chi connectivity index (χ0v) is 13.8. The van der Waals surface area contributed by atoms with Crippen LogP contribution in [-0.4, -0.2) is 62.3 Å². The summed E-state index contributed by atoms with van der Waals surface area (Å²) in [4.78, 5) is 24.1. The number of primary amides is 1. The largest absolute Gasteiger partial charge is 0.352 e. The predicted molar refractivity (Wildman–Crippen MR) is 84.4 cm³/mol. The Hall–Kier alpha value is -1.84. The highest BCUT2D eigenvalue weighted by atomic mass is 35.5. The van der Waals surface area contributed by atoms with Crippen LogP contribution in [0.1, 0.15) is 0 Å². The molecule has 1 heterocycles. The summed E-state index contributed by atoms with van der Waals surface area (Å²) in [5.41, 5.74) is 4.91. The topological polar surface area (TPSA) is 113 Å². The number of nitrogens with one attached hydrogen (secondary N) is 1. The smallest absolute Gasteiger partial charge is 0.312 e. The number of nitrogens with zero attached hydrogens (tertiary/aromatic N) is 2. The van der Waals surface area contributed by atoms with Gasteiger partial charge >= 0.3 is 6.03 Å². The van der Waals surface area contributed by atoms with E-state index in [1.807, 2.05) is 0 Å². The van der Waals surface area contributed by atoms with Gasteiger partial charge in [-0.2, -0.15) is 4.31 Å². The first kappa shape index (κ1) is 17.5. The van der Waals surface area contributed by atoms with Gasteiger partial charge in [0.1, 0.15) is 0 Å². The van der Waals surface area contributed by atoms with Gasteiger partial charge in [0.15, 0.2) is 0 Å². The van der Waals surface area contributed by atoms with Crippen LogP contribution in [0.4, 0.5) is 4.79 Å². The van der Waals surface area contributed by atoms with Crippen molar-refractivity contribution in [2.75, 3.05) is 32.7 Å². The molecule has 1 aromatic rings. The lowest BCUT2D eigenvalue weighted by molar-refractivity contribution is -0.131. The Morgan fingerprint density at radius 3 is 2.22 bits per heavy atom. The van der Waals surface area contributed by atoms with Gasteiger partial charge < -0.3 is 16.0 Å². The molecule has 0 radical (unpaired) electrons. The van der Waals surface area contributed by atoms with Gasteiger partial charge in [-0.15, -0.1) is 0 Å². The highest BCUT2D eigenvalue weighted by Crippen LogP contribution is 2.19. The fraction of sp³-hybridized carbons (Fsp3) is 0.385. The number of sulfonamides is 1. The van der Waals surface area contributed by atoms with Gasteiger partial charge in [-0.1, -0.05) is 11.6 Å². The first-order valence-electron chi connectivity index (χ1n) is 6.87. The Kier molecular flexibility index (Phi) is 5.45. The minimum absolute atomic E-state index is 0.164. The van der Waals surface area contributed by atoms with Crippen molar-refractivity contribution in [1.82, 2.24) is 14.5 Å². The molecule has 0 aromatic heterocycles. The van der Waals surface area contributed by atoms with Crippen LogP contribution >= 0.6 is 11.6 Å². The van der Waals surface area contributed by atoms with Crippen LogP contribution in [-0.2, 0) is 14.8 Å². The molecule has 1 aliphatic heterocycles. The maximum Gasteiger partial charge on any atom is 0.312 e. The zero-order valence-electron chi connectivity index (χ0n) is 12.2. The Morgan fingerprint density at radius 1 is 1.13 bits per heavy atom. The molecule has 1 fully saturated rings. The summed E-state index contributed by atoms with van der Waals surface area (Å²) < 4.78 is 26.3. The highest BCUT2D eigenvalue weighted by Gasteiger charge is 2.29. The first-order chi connectivity index (χ1) is 10.8. The summed E-state index contributed by atoms with van der Waals surface area (Å²) in [6.45, 7) is 0.692. The molecule has 0 bridgehead atoms. The molecule has 8 nitrogen and oxygen atoms in total. The second-order valence-electron chi connectivity index (χ2n) is 4.96. The number of halogens is 1. The van der Waals surface area contributed by atoms with E-state index < -0.39 is 16.1 Å². The minimum Gasteiger partial charge on any atom is -0.352 e. The summed E-state index contributed by atoms with van der Waals surface area (Å²) in [5, 5.41) is 2.68. The normalized spacial score (nSPS) is 16.1. The van der Waals surface area contributed by atoms with Crippen LogP contribution in [0.25, 0.3) is 0 Å². The number of urea groups is 1. The molecule has 1 aliphatic rings. The Morgan fingerprint density at radius 2 is 1.70 bits per heavy atom. The molecular weight excluding hydrogens is 344 g/mol. The Labute approximate surface area is 139 Å². The van der Waals surface area contributed by atoms with Crippen molar-refractivity contribution < 1.29 is 18.0 Å². The lowest BCUT2D eigenvalue weighted by Gasteiger charge is -2.34. The van der Waals surface area contributed by atoms with E-state index in [0.717, 1.165) is 0 Å². The van der Waals surface area contributed by atoms with Crippen molar-refractivity contribution in [2.24, 2.45) is 5.73 Å². The van der Waals surface area contributed by atoms with E-state index in [9.17, 15) is 18.0 Å².